The molecule has 0 bridgehead atoms. The molecule has 1 aliphatic carbocycles. The van der Waals surface area contributed by atoms with E-state index in [-0.39, 0.29) is 11.8 Å². The fourth-order valence-corrected chi connectivity index (χ4v) is 5.05. The molecule has 2 aromatic rings. The lowest BCUT2D eigenvalue weighted by Gasteiger charge is -2.26. The molecular formula is C21H25N3O2S. The van der Waals surface area contributed by atoms with Crippen LogP contribution in [0.2, 0.25) is 0 Å². The highest BCUT2D eigenvalue weighted by molar-refractivity contribution is 7.15. The highest BCUT2D eigenvalue weighted by atomic mass is 32.1. The minimum absolute atomic E-state index is 0.0533. The van der Waals surface area contributed by atoms with Crippen LogP contribution in [-0.2, 0) is 17.8 Å². The maximum absolute atomic E-state index is 12.7. The standard InChI is InChI=1S/C21H25N3O2S/c25-19(13-15-7-3-1-4-8-15)23-21-22-17-11-12-24(14-18(17)27-21)20(26)16-9-5-2-6-10-16/h2,5-6,9-10,15H,1,3-4,7-8,11-14H2,(H,22,23,25). The fourth-order valence-electron chi connectivity index (χ4n) is 4.01. The Bertz CT molecular complexity index is 812. The van der Waals surface area contributed by atoms with Crippen molar-refractivity contribution in [2.75, 3.05) is 11.9 Å². The predicted octanol–water partition coefficient (Wildman–Crippen LogP) is 4.25. The van der Waals surface area contributed by atoms with Crippen LogP contribution in [0.4, 0.5) is 5.13 Å². The summed E-state index contributed by atoms with van der Waals surface area (Å²) in [6, 6.07) is 9.38. The van der Waals surface area contributed by atoms with Crippen molar-refractivity contribution in [1.82, 2.24) is 9.88 Å². The molecule has 1 aromatic carbocycles. The molecular weight excluding hydrogens is 358 g/mol. The fraction of sp³-hybridized carbons (Fsp3) is 0.476. The molecule has 2 amide bonds. The third-order valence-electron chi connectivity index (χ3n) is 5.48. The Hall–Kier alpha value is -2.21. The second kappa shape index (κ2) is 8.21. The van der Waals surface area contributed by atoms with Gasteiger partial charge in [-0.25, -0.2) is 4.98 Å². The maximum Gasteiger partial charge on any atom is 0.254 e. The lowest BCUT2D eigenvalue weighted by Crippen LogP contribution is -2.35. The van der Waals surface area contributed by atoms with Gasteiger partial charge in [-0.05, 0) is 30.9 Å². The molecule has 5 nitrogen and oxygen atoms in total. The van der Waals surface area contributed by atoms with Crippen molar-refractivity contribution < 1.29 is 9.59 Å². The summed E-state index contributed by atoms with van der Waals surface area (Å²) in [7, 11) is 0. The van der Waals surface area contributed by atoms with Gasteiger partial charge >= 0.3 is 0 Å². The summed E-state index contributed by atoms with van der Waals surface area (Å²) in [6.45, 7) is 1.24. The van der Waals surface area contributed by atoms with Crippen LogP contribution >= 0.6 is 11.3 Å². The van der Waals surface area contributed by atoms with Gasteiger partial charge in [0.25, 0.3) is 5.91 Å². The predicted molar refractivity (Wildman–Crippen MR) is 107 cm³/mol. The number of amides is 2. The van der Waals surface area contributed by atoms with Gasteiger partial charge in [-0.1, -0.05) is 48.8 Å². The first kappa shape index (κ1) is 18.2. The van der Waals surface area contributed by atoms with Gasteiger partial charge in [0, 0.05) is 29.8 Å². The van der Waals surface area contributed by atoms with Gasteiger partial charge in [0.05, 0.1) is 12.2 Å². The van der Waals surface area contributed by atoms with E-state index in [0.29, 0.717) is 36.1 Å². The lowest BCUT2D eigenvalue weighted by atomic mass is 9.87. The molecule has 27 heavy (non-hydrogen) atoms. The molecule has 1 fully saturated rings. The second-order valence-electron chi connectivity index (χ2n) is 7.49. The monoisotopic (exact) mass is 383 g/mol. The summed E-state index contributed by atoms with van der Waals surface area (Å²) in [5.41, 5.74) is 1.73. The molecule has 1 saturated carbocycles. The Morgan fingerprint density at radius 1 is 1.15 bits per heavy atom. The smallest absolute Gasteiger partial charge is 0.254 e. The first-order valence-electron chi connectivity index (χ1n) is 9.82. The van der Waals surface area contributed by atoms with E-state index in [0.717, 1.165) is 17.0 Å². The summed E-state index contributed by atoms with van der Waals surface area (Å²) in [5.74, 6) is 0.648. The summed E-state index contributed by atoms with van der Waals surface area (Å²) in [6.07, 6.45) is 7.46. The van der Waals surface area contributed by atoms with Crippen molar-refractivity contribution in [1.29, 1.82) is 0 Å². The SMILES string of the molecule is O=C(CC1CCCCC1)Nc1nc2c(s1)CN(C(=O)c1ccccc1)CC2. The van der Waals surface area contributed by atoms with Crippen LogP contribution in [0.3, 0.4) is 0 Å². The molecule has 2 heterocycles. The highest BCUT2D eigenvalue weighted by Gasteiger charge is 2.25. The number of fused-ring (bicyclic) bond motifs is 1. The molecule has 1 N–H and O–H groups in total. The average molecular weight is 384 g/mol. The normalized spacial score (nSPS) is 17.4. The van der Waals surface area contributed by atoms with Crippen molar-refractivity contribution >= 4 is 28.3 Å². The van der Waals surface area contributed by atoms with E-state index in [9.17, 15) is 9.59 Å². The summed E-state index contributed by atoms with van der Waals surface area (Å²) < 4.78 is 0. The molecule has 6 heteroatoms. The number of carbonyl (C=O) groups excluding carboxylic acids is 2. The van der Waals surface area contributed by atoms with E-state index in [1.807, 2.05) is 35.2 Å². The molecule has 4 rings (SSSR count). The molecule has 0 atom stereocenters. The van der Waals surface area contributed by atoms with Gasteiger partial charge in [-0.15, -0.1) is 0 Å². The molecule has 1 aromatic heterocycles. The molecule has 0 spiro atoms. The van der Waals surface area contributed by atoms with Crippen molar-refractivity contribution in [2.24, 2.45) is 5.92 Å². The number of rotatable bonds is 4. The Balaban J connectivity index is 1.37. The highest BCUT2D eigenvalue weighted by Crippen LogP contribution is 2.30. The van der Waals surface area contributed by atoms with Crippen LogP contribution in [0.1, 0.15) is 59.5 Å². The van der Waals surface area contributed by atoms with Crippen molar-refractivity contribution in [3.63, 3.8) is 0 Å². The van der Waals surface area contributed by atoms with Gasteiger partial charge in [0.15, 0.2) is 5.13 Å². The zero-order valence-corrected chi connectivity index (χ0v) is 16.3. The number of anilines is 1. The van der Waals surface area contributed by atoms with Crippen LogP contribution in [-0.4, -0.2) is 28.2 Å². The van der Waals surface area contributed by atoms with Crippen LogP contribution in [0.5, 0.6) is 0 Å². The summed E-state index contributed by atoms with van der Waals surface area (Å²) in [4.78, 5) is 32.5. The number of nitrogens with one attached hydrogen (secondary N) is 1. The van der Waals surface area contributed by atoms with E-state index in [1.165, 1.54) is 43.4 Å². The average Bonchev–Trinajstić information content (AvgIpc) is 3.10. The number of thiazole rings is 1. The van der Waals surface area contributed by atoms with Gasteiger partial charge < -0.3 is 10.2 Å². The zero-order valence-electron chi connectivity index (χ0n) is 15.4. The summed E-state index contributed by atoms with van der Waals surface area (Å²) in [5, 5.41) is 3.66. The number of carbonyl (C=O) groups is 2. The largest absolute Gasteiger partial charge is 0.333 e. The second-order valence-corrected chi connectivity index (χ2v) is 8.57. The van der Waals surface area contributed by atoms with Crippen LogP contribution in [0.15, 0.2) is 30.3 Å². The Morgan fingerprint density at radius 3 is 2.70 bits per heavy atom. The van der Waals surface area contributed by atoms with Crippen LogP contribution in [0, 0.1) is 5.92 Å². The van der Waals surface area contributed by atoms with Gasteiger partial charge in [0.2, 0.25) is 5.91 Å². The van der Waals surface area contributed by atoms with Gasteiger partial charge in [-0.2, -0.15) is 0 Å². The number of hydrogen-bond acceptors (Lipinski definition) is 4. The molecule has 2 aliphatic rings. The molecule has 142 valence electrons. The van der Waals surface area contributed by atoms with E-state index in [4.69, 9.17) is 0 Å². The van der Waals surface area contributed by atoms with Crippen LogP contribution < -0.4 is 5.32 Å². The van der Waals surface area contributed by atoms with E-state index < -0.39 is 0 Å². The van der Waals surface area contributed by atoms with Crippen molar-refractivity contribution in [3.05, 3.63) is 46.5 Å². The van der Waals surface area contributed by atoms with Crippen LogP contribution in [0.25, 0.3) is 0 Å². The van der Waals surface area contributed by atoms with E-state index >= 15 is 0 Å². The third-order valence-corrected chi connectivity index (χ3v) is 6.48. The zero-order chi connectivity index (χ0) is 18.6. The molecule has 1 aliphatic heterocycles. The number of aromatic nitrogens is 1. The molecule has 0 saturated heterocycles. The lowest BCUT2D eigenvalue weighted by molar-refractivity contribution is -0.117. The topological polar surface area (TPSA) is 62.3 Å². The first-order valence-corrected chi connectivity index (χ1v) is 10.6. The minimum Gasteiger partial charge on any atom is -0.333 e. The molecule has 0 unspecified atom stereocenters. The maximum atomic E-state index is 12.7. The number of benzene rings is 1. The van der Waals surface area contributed by atoms with Crippen molar-refractivity contribution in [3.8, 4) is 0 Å². The minimum atomic E-state index is 0.0533. The van der Waals surface area contributed by atoms with Gasteiger partial charge in [0.1, 0.15) is 0 Å². The summed E-state index contributed by atoms with van der Waals surface area (Å²) >= 11 is 1.51. The van der Waals surface area contributed by atoms with E-state index in [2.05, 4.69) is 10.3 Å². The quantitative estimate of drug-likeness (QED) is 0.858. The Labute approximate surface area is 163 Å². The Morgan fingerprint density at radius 2 is 1.93 bits per heavy atom. The van der Waals surface area contributed by atoms with Gasteiger partial charge in [-0.3, -0.25) is 9.59 Å². The molecule has 0 radical (unpaired) electrons. The Kier molecular flexibility index (Phi) is 5.53. The number of hydrogen-bond donors (Lipinski definition) is 1. The van der Waals surface area contributed by atoms with Crippen molar-refractivity contribution in [2.45, 2.75) is 51.5 Å². The number of nitrogens with zero attached hydrogens (tertiary/aromatic N) is 2. The first-order chi connectivity index (χ1) is 13.2. The van der Waals surface area contributed by atoms with E-state index in [1.54, 1.807) is 0 Å². The third kappa shape index (κ3) is 4.38.